The molecule has 1 aliphatic heterocycles. The highest BCUT2D eigenvalue weighted by Crippen LogP contribution is 2.25. The fourth-order valence-corrected chi connectivity index (χ4v) is 2.67. The lowest BCUT2D eigenvalue weighted by Crippen LogP contribution is -2.52. The molecule has 0 N–H and O–H groups in total. The summed E-state index contributed by atoms with van der Waals surface area (Å²) >= 11 is 0. The summed E-state index contributed by atoms with van der Waals surface area (Å²) in [6, 6.07) is 0. The van der Waals surface area contributed by atoms with E-state index in [-0.39, 0.29) is 0 Å². The summed E-state index contributed by atoms with van der Waals surface area (Å²) in [5.74, 6) is 1.87. The molecule has 11 heavy (non-hydrogen) atoms. The van der Waals surface area contributed by atoms with E-state index in [1.165, 1.54) is 30.5 Å². The fourth-order valence-electron chi connectivity index (χ4n) is 2.67. The molecule has 0 spiro atoms. The average molecular weight is 156 g/mol. The van der Waals surface area contributed by atoms with Crippen LogP contribution in [0.2, 0.25) is 0 Å². The number of likely N-dealkylation sites (tertiary alicyclic amines) is 1. The van der Waals surface area contributed by atoms with Crippen molar-refractivity contribution in [1.29, 1.82) is 0 Å². The summed E-state index contributed by atoms with van der Waals surface area (Å²) in [5.41, 5.74) is 0. The predicted molar refractivity (Wildman–Crippen MR) is 49.4 cm³/mol. The van der Waals surface area contributed by atoms with Crippen molar-refractivity contribution in [2.45, 2.75) is 27.2 Å². The molecule has 1 heteroatoms. The van der Waals surface area contributed by atoms with Gasteiger partial charge < -0.3 is 4.48 Å². The molecule has 1 heterocycles. The lowest BCUT2D eigenvalue weighted by molar-refractivity contribution is -0.919. The van der Waals surface area contributed by atoms with Crippen LogP contribution in [-0.4, -0.2) is 31.2 Å². The van der Waals surface area contributed by atoms with E-state index in [0.717, 1.165) is 11.8 Å². The lowest BCUT2D eigenvalue weighted by atomic mass is 9.90. The van der Waals surface area contributed by atoms with Gasteiger partial charge in [-0.2, -0.15) is 0 Å². The molecule has 1 unspecified atom stereocenters. The van der Waals surface area contributed by atoms with Crippen LogP contribution in [0.3, 0.4) is 0 Å². The quantitative estimate of drug-likeness (QED) is 0.510. The van der Waals surface area contributed by atoms with Crippen molar-refractivity contribution in [3.05, 3.63) is 0 Å². The first-order valence-electron chi connectivity index (χ1n) is 4.89. The number of quaternary nitrogens is 1. The summed E-state index contributed by atoms with van der Waals surface area (Å²) < 4.78 is 1.29. The number of hydrogen-bond acceptors (Lipinski definition) is 0. The van der Waals surface area contributed by atoms with Gasteiger partial charge in [-0.05, 0) is 13.3 Å². The topological polar surface area (TPSA) is 0 Å². The zero-order chi connectivity index (χ0) is 8.48. The van der Waals surface area contributed by atoms with Gasteiger partial charge in [-0.3, -0.25) is 0 Å². The number of hydrogen-bond donors (Lipinski definition) is 0. The van der Waals surface area contributed by atoms with Gasteiger partial charge in [0, 0.05) is 11.8 Å². The third-order valence-electron chi connectivity index (χ3n) is 3.07. The highest BCUT2D eigenvalue weighted by Gasteiger charge is 2.31. The van der Waals surface area contributed by atoms with Crippen LogP contribution in [0.1, 0.15) is 27.2 Å². The fraction of sp³-hybridized carbons (Fsp3) is 1.00. The molecule has 0 saturated carbocycles. The van der Waals surface area contributed by atoms with Crippen LogP contribution in [0.15, 0.2) is 0 Å². The van der Waals surface area contributed by atoms with Gasteiger partial charge in [0.05, 0.1) is 26.7 Å². The minimum Gasteiger partial charge on any atom is -0.326 e. The minimum absolute atomic E-state index is 0.934. The molecular formula is C10H22N+. The van der Waals surface area contributed by atoms with E-state index < -0.39 is 0 Å². The molecule has 1 rings (SSSR count). The van der Waals surface area contributed by atoms with Crippen molar-refractivity contribution in [2.75, 3.05) is 26.7 Å². The van der Waals surface area contributed by atoms with E-state index in [1.54, 1.807) is 0 Å². The zero-order valence-electron chi connectivity index (χ0n) is 8.43. The van der Waals surface area contributed by atoms with Crippen LogP contribution in [0, 0.1) is 11.8 Å². The maximum absolute atomic E-state index is 2.40. The monoisotopic (exact) mass is 156 g/mol. The number of rotatable bonds is 1. The van der Waals surface area contributed by atoms with Crippen molar-refractivity contribution >= 4 is 0 Å². The summed E-state index contributed by atoms with van der Waals surface area (Å²) in [6.45, 7) is 11.2. The van der Waals surface area contributed by atoms with Crippen LogP contribution in [0.25, 0.3) is 0 Å². The second-order valence-electron chi connectivity index (χ2n) is 4.75. The zero-order valence-corrected chi connectivity index (χ0v) is 8.43. The Kier molecular flexibility index (Phi) is 2.58. The third-order valence-corrected chi connectivity index (χ3v) is 3.07. The van der Waals surface area contributed by atoms with Crippen LogP contribution >= 0.6 is 0 Å². The van der Waals surface area contributed by atoms with E-state index in [4.69, 9.17) is 0 Å². The smallest absolute Gasteiger partial charge is 0.0810 e. The molecule has 0 aromatic heterocycles. The molecule has 0 bridgehead atoms. The number of nitrogens with zero attached hydrogens (tertiary/aromatic N) is 1. The van der Waals surface area contributed by atoms with E-state index in [2.05, 4.69) is 27.8 Å². The van der Waals surface area contributed by atoms with Gasteiger partial charge in [-0.15, -0.1) is 0 Å². The number of piperidine rings is 1. The van der Waals surface area contributed by atoms with Gasteiger partial charge in [-0.25, -0.2) is 0 Å². The van der Waals surface area contributed by atoms with Gasteiger partial charge in [0.15, 0.2) is 0 Å². The molecule has 1 aliphatic rings. The first-order chi connectivity index (χ1) is 5.06. The van der Waals surface area contributed by atoms with E-state index >= 15 is 0 Å². The highest BCUT2D eigenvalue weighted by molar-refractivity contribution is 4.64. The Morgan fingerprint density at radius 1 is 1.18 bits per heavy atom. The molecule has 0 aromatic carbocycles. The van der Waals surface area contributed by atoms with Gasteiger partial charge in [0.25, 0.3) is 0 Å². The molecule has 1 saturated heterocycles. The maximum atomic E-state index is 2.40. The Bertz CT molecular complexity index is 121. The lowest BCUT2D eigenvalue weighted by Gasteiger charge is -2.42. The Morgan fingerprint density at radius 2 is 1.64 bits per heavy atom. The SMILES string of the molecule is CC[N+]1(C)C[C@H](C)C[C@H](C)C1. The first-order valence-corrected chi connectivity index (χ1v) is 4.89. The van der Waals surface area contributed by atoms with Crippen LogP contribution in [0.4, 0.5) is 0 Å². The molecular weight excluding hydrogens is 134 g/mol. The summed E-state index contributed by atoms with van der Waals surface area (Å²) in [7, 11) is 2.40. The molecule has 1 nitrogen and oxygen atoms in total. The molecule has 0 aromatic rings. The predicted octanol–water partition coefficient (Wildman–Crippen LogP) is 2.13. The molecule has 1 fully saturated rings. The highest BCUT2D eigenvalue weighted by atomic mass is 15.3. The summed E-state index contributed by atoms with van der Waals surface area (Å²) in [6.07, 6.45) is 1.44. The third kappa shape index (κ3) is 2.19. The Hall–Kier alpha value is -0.0400. The van der Waals surface area contributed by atoms with Crippen molar-refractivity contribution in [3.63, 3.8) is 0 Å². The van der Waals surface area contributed by atoms with Crippen molar-refractivity contribution in [2.24, 2.45) is 11.8 Å². The molecule has 3 atom stereocenters. The molecule has 0 amide bonds. The molecule has 66 valence electrons. The Morgan fingerprint density at radius 3 is 2.00 bits per heavy atom. The average Bonchev–Trinajstić information content (AvgIpc) is 1.84. The van der Waals surface area contributed by atoms with Gasteiger partial charge in [0.1, 0.15) is 0 Å². The Balaban J connectivity index is 2.55. The van der Waals surface area contributed by atoms with Gasteiger partial charge in [-0.1, -0.05) is 13.8 Å². The summed E-state index contributed by atoms with van der Waals surface area (Å²) in [5, 5.41) is 0. The Labute approximate surface area is 71.0 Å². The second-order valence-corrected chi connectivity index (χ2v) is 4.75. The van der Waals surface area contributed by atoms with E-state index in [9.17, 15) is 0 Å². The second kappa shape index (κ2) is 3.14. The van der Waals surface area contributed by atoms with Gasteiger partial charge in [0.2, 0.25) is 0 Å². The van der Waals surface area contributed by atoms with Crippen molar-refractivity contribution in [3.8, 4) is 0 Å². The normalized spacial score (nSPS) is 45.8. The van der Waals surface area contributed by atoms with Crippen molar-refractivity contribution < 1.29 is 4.48 Å². The standard InChI is InChI=1S/C10H22N/c1-5-11(4)7-9(2)6-10(3)8-11/h9-10H,5-8H2,1-4H3/q+1/t9-,10+,11?. The van der Waals surface area contributed by atoms with Crippen LogP contribution in [0.5, 0.6) is 0 Å². The van der Waals surface area contributed by atoms with E-state index in [0.29, 0.717) is 0 Å². The molecule has 0 aliphatic carbocycles. The maximum Gasteiger partial charge on any atom is 0.0810 e. The minimum atomic E-state index is 0.934. The van der Waals surface area contributed by atoms with Crippen LogP contribution in [-0.2, 0) is 0 Å². The van der Waals surface area contributed by atoms with Crippen LogP contribution < -0.4 is 0 Å². The molecule has 0 radical (unpaired) electrons. The van der Waals surface area contributed by atoms with Crippen molar-refractivity contribution in [1.82, 2.24) is 0 Å². The van der Waals surface area contributed by atoms with Gasteiger partial charge >= 0.3 is 0 Å². The summed E-state index contributed by atoms with van der Waals surface area (Å²) in [4.78, 5) is 0. The first kappa shape index (κ1) is 9.05. The van der Waals surface area contributed by atoms with E-state index in [1.807, 2.05) is 0 Å². The largest absolute Gasteiger partial charge is 0.326 e.